The summed E-state index contributed by atoms with van der Waals surface area (Å²) in [6, 6.07) is 7.34. The molecule has 0 fully saturated rings. The largest absolute Gasteiger partial charge is 0.287 e. The maximum atomic E-state index is 5.87. The van der Waals surface area contributed by atoms with Crippen LogP contribution in [0.2, 0.25) is 0 Å². The Morgan fingerprint density at radius 3 is 2.27 bits per heavy atom. The zero-order valence-electron chi connectivity index (χ0n) is 11.7. The van der Waals surface area contributed by atoms with E-state index in [0.29, 0.717) is 11.3 Å². The maximum absolute atomic E-state index is 5.87. The highest BCUT2D eigenvalue weighted by Gasteiger charge is 2.22. The molecule has 0 atom stereocenters. The van der Waals surface area contributed by atoms with Gasteiger partial charge < -0.3 is 0 Å². The lowest BCUT2D eigenvalue weighted by atomic mass is 10.1. The number of halogens is 4. The molecule has 0 aliphatic carbocycles. The second kappa shape index (κ2) is 5.68. The summed E-state index contributed by atoms with van der Waals surface area (Å²) in [4.78, 5) is 9.05. The van der Waals surface area contributed by atoms with Gasteiger partial charge in [0.2, 0.25) is 9.57 Å². The topological polar surface area (TPSA) is 30.2 Å². The van der Waals surface area contributed by atoms with Crippen molar-refractivity contribution in [3.05, 3.63) is 51.9 Å². The SMILES string of the molecule is Cc1nc2nc(-c3ccc(C(Cl)(Cl)Cl)cc3)cn2c(C)c1Br. The molecule has 7 heteroatoms. The molecule has 3 rings (SSSR count). The van der Waals surface area contributed by atoms with Gasteiger partial charge in [-0.15, -0.1) is 0 Å². The van der Waals surface area contributed by atoms with Crippen LogP contribution in [0.3, 0.4) is 0 Å². The molecule has 2 aromatic heterocycles. The van der Waals surface area contributed by atoms with E-state index in [9.17, 15) is 0 Å². The van der Waals surface area contributed by atoms with Crippen molar-refractivity contribution in [2.75, 3.05) is 0 Å². The smallest absolute Gasteiger partial charge is 0.234 e. The van der Waals surface area contributed by atoms with Crippen LogP contribution in [0, 0.1) is 13.8 Å². The van der Waals surface area contributed by atoms with Crippen LogP contribution in [0.25, 0.3) is 17.0 Å². The molecule has 3 nitrogen and oxygen atoms in total. The van der Waals surface area contributed by atoms with E-state index in [2.05, 4.69) is 25.9 Å². The molecule has 0 unspecified atom stereocenters. The lowest BCUT2D eigenvalue weighted by Gasteiger charge is -2.10. The Balaban J connectivity index is 2.09. The predicted molar refractivity (Wildman–Crippen MR) is 94.8 cm³/mol. The number of fused-ring (bicyclic) bond motifs is 1. The third-order valence-electron chi connectivity index (χ3n) is 3.46. The van der Waals surface area contributed by atoms with Gasteiger partial charge in [0.25, 0.3) is 0 Å². The zero-order chi connectivity index (χ0) is 16.1. The number of aryl methyl sites for hydroxylation is 2. The average Bonchev–Trinajstić information content (AvgIpc) is 2.88. The summed E-state index contributed by atoms with van der Waals surface area (Å²) in [5, 5.41) is 0. The summed E-state index contributed by atoms with van der Waals surface area (Å²) in [6.07, 6.45) is 1.95. The van der Waals surface area contributed by atoms with Crippen LogP contribution in [-0.2, 0) is 3.79 Å². The van der Waals surface area contributed by atoms with Crippen LogP contribution in [0.4, 0.5) is 0 Å². The molecule has 0 aliphatic heterocycles. The standard InChI is InChI=1S/C15H11BrCl3N3/c1-8-13(16)9(2)22-7-12(21-14(22)20-8)10-3-5-11(6-4-10)15(17,18)19/h3-7H,1-2H3. The van der Waals surface area contributed by atoms with Gasteiger partial charge in [0, 0.05) is 23.0 Å². The molecule has 22 heavy (non-hydrogen) atoms. The van der Waals surface area contributed by atoms with Crippen LogP contribution in [0.15, 0.2) is 34.9 Å². The van der Waals surface area contributed by atoms with Crippen molar-refractivity contribution in [1.29, 1.82) is 0 Å². The van der Waals surface area contributed by atoms with Crippen molar-refractivity contribution >= 4 is 56.5 Å². The van der Waals surface area contributed by atoms with E-state index in [-0.39, 0.29) is 0 Å². The molecule has 0 amide bonds. The Morgan fingerprint density at radius 2 is 1.68 bits per heavy atom. The van der Waals surface area contributed by atoms with E-state index in [1.807, 2.05) is 36.6 Å². The van der Waals surface area contributed by atoms with Gasteiger partial charge in [0.1, 0.15) is 0 Å². The lowest BCUT2D eigenvalue weighted by molar-refractivity contribution is 0.996. The molecule has 0 radical (unpaired) electrons. The summed E-state index contributed by atoms with van der Waals surface area (Å²) in [6.45, 7) is 3.96. The van der Waals surface area contributed by atoms with Crippen molar-refractivity contribution in [1.82, 2.24) is 14.4 Å². The molecule has 3 aromatic rings. The van der Waals surface area contributed by atoms with Gasteiger partial charge in [0.15, 0.2) is 0 Å². The Hall–Kier alpha value is -0.810. The van der Waals surface area contributed by atoms with Crippen molar-refractivity contribution in [2.24, 2.45) is 0 Å². The van der Waals surface area contributed by atoms with Gasteiger partial charge in [-0.05, 0) is 29.8 Å². The molecule has 2 heterocycles. The first-order valence-electron chi connectivity index (χ1n) is 6.47. The number of alkyl halides is 3. The fourth-order valence-corrected chi connectivity index (χ4v) is 2.89. The molecule has 0 aliphatic rings. The predicted octanol–water partition coefficient (Wildman–Crippen LogP) is 5.60. The molecule has 0 N–H and O–H groups in total. The number of aromatic nitrogens is 3. The van der Waals surface area contributed by atoms with Crippen molar-refractivity contribution in [3.8, 4) is 11.3 Å². The second-order valence-electron chi connectivity index (χ2n) is 4.97. The third kappa shape index (κ3) is 2.85. The maximum Gasteiger partial charge on any atom is 0.234 e. The average molecular weight is 420 g/mol. The number of imidazole rings is 1. The van der Waals surface area contributed by atoms with E-state index < -0.39 is 3.79 Å². The van der Waals surface area contributed by atoms with Crippen LogP contribution >= 0.6 is 50.7 Å². The number of benzene rings is 1. The number of nitrogens with zero attached hydrogens (tertiary/aromatic N) is 3. The second-order valence-corrected chi connectivity index (χ2v) is 8.04. The van der Waals surface area contributed by atoms with E-state index in [1.165, 1.54) is 0 Å². The zero-order valence-corrected chi connectivity index (χ0v) is 15.6. The lowest BCUT2D eigenvalue weighted by Crippen LogP contribution is -1.98. The Kier molecular flexibility index (Phi) is 4.14. The first-order chi connectivity index (χ1) is 10.3. The van der Waals surface area contributed by atoms with Gasteiger partial charge in [-0.2, -0.15) is 0 Å². The quantitative estimate of drug-likeness (QED) is 0.481. The molecule has 0 saturated carbocycles. The number of hydrogen-bond acceptors (Lipinski definition) is 2. The highest BCUT2D eigenvalue weighted by molar-refractivity contribution is 9.10. The van der Waals surface area contributed by atoms with Crippen LogP contribution in [0.1, 0.15) is 17.0 Å². The first kappa shape index (κ1) is 16.1. The van der Waals surface area contributed by atoms with Gasteiger partial charge in [0.05, 0.1) is 15.9 Å². The normalized spacial score (nSPS) is 12.1. The molecule has 114 valence electrons. The van der Waals surface area contributed by atoms with E-state index in [1.54, 1.807) is 12.1 Å². The molecule has 0 bridgehead atoms. The molecule has 0 spiro atoms. The van der Waals surface area contributed by atoms with Crippen LogP contribution < -0.4 is 0 Å². The summed E-state index contributed by atoms with van der Waals surface area (Å²) >= 11 is 21.2. The van der Waals surface area contributed by atoms with E-state index >= 15 is 0 Å². The van der Waals surface area contributed by atoms with Gasteiger partial charge in [-0.25, -0.2) is 9.97 Å². The fourth-order valence-electron chi connectivity index (χ4n) is 2.23. The minimum atomic E-state index is -1.42. The number of hydrogen-bond donors (Lipinski definition) is 0. The van der Waals surface area contributed by atoms with Gasteiger partial charge >= 0.3 is 0 Å². The summed E-state index contributed by atoms with van der Waals surface area (Å²) in [5.41, 5.74) is 4.35. The number of rotatable bonds is 1. The van der Waals surface area contributed by atoms with Gasteiger partial charge in [-0.1, -0.05) is 59.1 Å². The Morgan fingerprint density at radius 1 is 1.05 bits per heavy atom. The molecular formula is C15H11BrCl3N3. The fraction of sp³-hybridized carbons (Fsp3) is 0.200. The Labute approximate surface area is 151 Å². The van der Waals surface area contributed by atoms with Crippen LogP contribution in [-0.4, -0.2) is 14.4 Å². The summed E-state index contributed by atoms with van der Waals surface area (Å²) in [5.74, 6) is 0.665. The molecule has 1 aromatic carbocycles. The summed E-state index contributed by atoms with van der Waals surface area (Å²) < 4.78 is 1.52. The first-order valence-corrected chi connectivity index (χ1v) is 8.39. The highest BCUT2D eigenvalue weighted by atomic mass is 79.9. The monoisotopic (exact) mass is 417 g/mol. The van der Waals surface area contributed by atoms with Crippen molar-refractivity contribution in [2.45, 2.75) is 17.6 Å². The molecule has 0 saturated heterocycles. The molecular weight excluding hydrogens is 408 g/mol. The third-order valence-corrected chi connectivity index (χ3v) is 5.26. The van der Waals surface area contributed by atoms with Crippen molar-refractivity contribution < 1.29 is 0 Å². The Bertz CT molecular complexity index is 851. The van der Waals surface area contributed by atoms with Crippen LogP contribution in [0.5, 0.6) is 0 Å². The van der Waals surface area contributed by atoms with Crippen molar-refractivity contribution in [3.63, 3.8) is 0 Å². The summed E-state index contributed by atoms with van der Waals surface area (Å²) in [7, 11) is 0. The minimum absolute atomic E-state index is 0.623. The minimum Gasteiger partial charge on any atom is -0.287 e. The van der Waals surface area contributed by atoms with Gasteiger partial charge in [-0.3, -0.25) is 4.40 Å². The highest BCUT2D eigenvalue weighted by Crippen LogP contribution is 2.38. The van der Waals surface area contributed by atoms with E-state index in [4.69, 9.17) is 34.8 Å². The van der Waals surface area contributed by atoms with E-state index in [0.717, 1.165) is 27.1 Å².